The number of H-pyrrole nitrogens is 1. The zero-order chi connectivity index (χ0) is 24.4. The number of amides is 3. The van der Waals surface area contributed by atoms with E-state index in [0.717, 1.165) is 0 Å². The van der Waals surface area contributed by atoms with Crippen molar-refractivity contribution in [2.45, 2.75) is 12.5 Å². The molecule has 34 heavy (non-hydrogen) atoms. The van der Waals surface area contributed by atoms with Gasteiger partial charge in [-0.1, -0.05) is 41.4 Å². The van der Waals surface area contributed by atoms with E-state index in [-0.39, 0.29) is 31.1 Å². The smallest absolute Gasteiger partial charge is 0.270 e. The van der Waals surface area contributed by atoms with Gasteiger partial charge in [-0.2, -0.15) is 5.26 Å². The predicted octanol–water partition coefficient (Wildman–Crippen LogP) is 3.93. The number of halogens is 2. The number of rotatable bonds is 5. The number of likely N-dealkylation sites (N-methyl/N-ethyl adjacent to an activating group) is 1. The Balaban J connectivity index is 1.42. The van der Waals surface area contributed by atoms with Gasteiger partial charge in [-0.05, 0) is 36.8 Å². The van der Waals surface area contributed by atoms with Crippen LogP contribution in [0.1, 0.15) is 16.9 Å². The second-order valence-electron chi connectivity index (χ2n) is 8.17. The summed E-state index contributed by atoms with van der Waals surface area (Å²) in [5.74, 6) is -1.59. The molecule has 2 aromatic carbocycles. The normalized spacial score (nSPS) is 17.4. The lowest BCUT2D eigenvalue weighted by Gasteiger charge is -2.23. The highest BCUT2D eigenvalue weighted by molar-refractivity contribution is 6.38. The lowest BCUT2D eigenvalue weighted by molar-refractivity contribution is -0.131. The summed E-state index contributed by atoms with van der Waals surface area (Å²) < 4.78 is 0. The van der Waals surface area contributed by atoms with Crippen LogP contribution < -0.4 is 5.32 Å². The van der Waals surface area contributed by atoms with Crippen molar-refractivity contribution < 1.29 is 14.4 Å². The van der Waals surface area contributed by atoms with Crippen LogP contribution in [0.4, 0.5) is 5.69 Å². The number of hydrogen-bond donors (Lipinski definition) is 2. The number of nitrogens with zero attached hydrogens (tertiary/aromatic N) is 3. The maximum atomic E-state index is 13.0. The van der Waals surface area contributed by atoms with Crippen LogP contribution >= 0.6 is 23.2 Å². The van der Waals surface area contributed by atoms with Crippen molar-refractivity contribution in [2.24, 2.45) is 5.92 Å². The molecule has 174 valence electrons. The minimum atomic E-state index is -0.739. The van der Waals surface area contributed by atoms with Gasteiger partial charge in [0.1, 0.15) is 11.7 Å². The van der Waals surface area contributed by atoms with E-state index >= 15 is 0 Å². The highest BCUT2D eigenvalue weighted by Gasteiger charge is 2.39. The van der Waals surface area contributed by atoms with Crippen LogP contribution in [0.25, 0.3) is 10.9 Å². The number of carbonyl (C=O) groups excluding carboxylic acids is 3. The van der Waals surface area contributed by atoms with E-state index in [1.165, 1.54) is 16.8 Å². The van der Waals surface area contributed by atoms with Gasteiger partial charge in [0, 0.05) is 29.7 Å². The molecule has 2 unspecified atom stereocenters. The zero-order valence-corrected chi connectivity index (χ0v) is 19.7. The van der Waals surface area contributed by atoms with Gasteiger partial charge in [-0.3, -0.25) is 14.4 Å². The molecule has 1 fully saturated rings. The van der Waals surface area contributed by atoms with E-state index in [0.29, 0.717) is 26.6 Å². The van der Waals surface area contributed by atoms with Gasteiger partial charge in [0.05, 0.1) is 29.1 Å². The lowest BCUT2D eigenvalue weighted by atomic mass is 10.1. The Morgan fingerprint density at radius 3 is 2.65 bits per heavy atom. The Hall–Kier alpha value is -3.54. The number of para-hydroxylation sites is 1. The predicted molar refractivity (Wildman–Crippen MR) is 130 cm³/mol. The largest absolute Gasteiger partial charge is 0.349 e. The summed E-state index contributed by atoms with van der Waals surface area (Å²) in [6.07, 6.45) is 0.236. The number of benzene rings is 2. The fourth-order valence-electron chi connectivity index (χ4n) is 4.04. The lowest BCUT2D eigenvalue weighted by Crippen LogP contribution is -2.43. The number of nitriles is 1. The molecule has 4 rings (SSSR count). The van der Waals surface area contributed by atoms with Crippen LogP contribution in [0.2, 0.25) is 10.0 Å². The number of hydrogen-bond acceptors (Lipinski definition) is 4. The number of anilines is 1. The molecule has 1 aliphatic rings. The molecule has 2 atom stereocenters. The number of nitrogens with one attached hydrogen (secondary N) is 2. The summed E-state index contributed by atoms with van der Waals surface area (Å²) in [7, 11) is 1.50. The third-order valence-corrected chi connectivity index (χ3v) is 6.29. The third-order valence-electron chi connectivity index (χ3n) is 5.78. The van der Waals surface area contributed by atoms with Gasteiger partial charge in [-0.15, -0.1) is 0 Å². The molecule has 10 heteroatoms. The summed E-state index contributed by atoms with van der Waals surface area (Å²) >= 11 is 12.2. The summed E-state index contributed by atoms with van der Waals surface area (Å²) in [5, 5.41) is 13.9. The molecule has 0 spiro atoms. The van der Waals surface area contributed by atoms with Crippen LogP contribution in [0.15, 0.2) is 48.5 Å². The average molecular weight is 498 g/mol. The van der Waals surface area contributed by atoms with E-state index in [4.69, 9.17) is 23.2 Å². The quantitative estimate of drug-likeness (QED) is 0.556. The summed E-state index contributed by atoms with van der Waals surface area (Å²) in [5.41, 5.74) is 1.48. The molecular formula is C24H21Cl2N5O3. The van der Waals surface area contributed by atoms with Gasteiger partial charge in [0.15, 0.2) is 0 Å². The molecule has 3 amide bonds. The molecule has 0 radical (unpaired) electrons. The van der Waals surface area contributed by atoms with Crippen LogP contribution in [-0.4, -0.2) is 58.7 Å². The Kier molecular flexibility index (Phi) is 6.77. The summed E-state index contributed by atoms with van der Waals surface area (Å²) in [4.78, 5) is 44.1. The van der Waals surface area contributed by atoms with Crippen LogP contribution in [0.3, 0.4) is 0 Å². The molecule has 0 saturated carbocycles. The van der Waals surface area contributed by atoms with E-state index in [1.807, 2.05) is 6.07 Å². The first-order chi connectivity index (χ1) is 16.3. The number of likely N-dealkylation sites (tertiary alicyclic amines) is 1. The molecule has 1 aliphatic heterocycles. The monoisotopic (exact) mass is 497 g/mol. The average Bonchev–Trinajstić information content (AvgIpc) is 3.44. The highest BCUT2D eigenvalue weighted by atomic mass is 35.5. The minimum absolute atomic E-state index is 0.109. The van der Waals surface area contributed by atoms with Crippen molar-refractivity contribution >= 4 is 57.5 Å². The van der Waals surface area contributed by atoms with Gasteiger partial charge >= 0.3 is 0 Å². The first-order valence-electron chi connectivity index (χ1n) is 10.5. The summed E-state index contributed by atoms with van der Waals surface area (Å²) in [6.45, 7) is -0.133. The van der Waals surface area contributed by atoms with Gasteiger partial charge in [-0.25, -0.2) is 0 Å². The number of fused-ring (bicyclic) bond motifs is 1. The fourth-order valence-corrected chi connectivity index (χ4v) is 4.60. The van der Waals surface area contributed by atoms with Crippen molar-refractivity contribution in [1.29, 1.82) is 5.26 Å². The third kappa shape index (κ3) is 4.86. The molecule has 0 aliphatic carbocycles. The van der Waals surface area contributed by atoms with Gasteiger partial charge in [0.2, 0.25) is 11.8 Å². The van der Waals surface area contributed by atoms with Crippen LogP contribution in [-0.2, 0) is 9.59 Å². The Morgan fingerprint density at radius 2 is 1.94 bits per heavy atom. The molecule has 8 nitrogen and oxygen atoms in total. The first kappa shape index (κ1) is 23.6. The molecule has 3 aromatic rings. The topological polar surface area (TPSA) is 109 Å². The number of carbonyl (C=O) groups is 3. The van der Waals surface area contributed by atoms with Gasteiger partial charge < -0.3 is 20.1 Å². The molecule has 2 N–H and O–H groups in total. The van der Waals surface area contributed by atoms with Crippen molar-refractivity contribution in [1.82, 2.24) is 14.8 Å². The maximum Gasteiger partial charge on any atom is 0.270 e. The van der Waals surface area contributed by atoms with Crippen molar-refractivity contribution in [3.63, 3.8) is 0 Å². The highest BCUT2D eigenvalue weighted by Crippen LogP contribution is 2.29. The van der Waals surface area contributed by atoms with Crippen molar-refractivity contribution in [3.8, 4) is 6.07 Å². The SMILES string of the molecule is CN(CC(=O)N1CC(C(=O)Nc2ccccc2)CC1C#N)C(=O)c1cc2cc(Cl)cc(Cl)c2[nH]1. The Bertz CT molecular complexity index is 1300. The fraction of sp³-hybridized carbons (Fsp3) is 0.250. The second-order valence-corrected chi connectivity index (χ2v) is 9.02. The first-order valence-corrected chi connectivity index (χ1v) is 11.3. The molecule has 1 saturated heterocycles. The van der Waals surface area contributed by atoms with Crippen LogP contribution in [0.5, 0.6) is 0 Å². The number of aromatic nitrogens is 1. The van der Waals surface area contributed by atoms with E-state index < -0.39 is 23.8 Å². The van der Waals surface area contributed by atoms with E-state index in [9.17, 15) is 19.6 Å². The van der Waals surface area contributed by atoms with Crippen LogP contribution in [0, 0.1) is 17.2 Å². The van der Waals surface area contributed by atoms with Crippen molar-refractivity contribution in [3.05, 3.63) is 64.3 Å². The van der Waals surface area contributed by atoms with Gasteiger partial charge in [0.25, 0.3) is 5.91 Å². The zero-order valence-electron chi connectivity index (χ0n) is 18.2. The summed E-state index contributed by atoms with van der Waals surface area (Å²) in [6, 6.07) is 15.2. The molecule has 2 heterocycles. The van der Waals surface area contributed by atoms with E-state index in [1.54, 1.807) is 42.5 Å². The molecular weight excluding hydrogens is 477 g/mol. The maximum absolute atomic E-state index is 13.0. The standard InChI is InChI=1S/C24H21Cl2N5O3/c1-30(24(34)20-9-14-7-16(25)10-19(26)22(14)29-20)13-21(32)31-12-15(8-18(31)11-27)23(33)28-17-5-3-2-4-6-17/h2-7,9-10,15,18,29H,8,12-13H2,1H3,(H,28,33). The minimum Gasteiger partial charge on any atom is -0.349 e. The van der Waals surface area contributed by atoms with Crippen molar-refractivity contribution in [2.75, 3.05) is 25.5 Å². The Labute approximate surface area is 206 Å². The molecule has 0 bridgehead atoms. The number of aromatic amines is 1. The molecule has 1 aromatic heterocycles. The van der Waals surface area contributed by atoms with E-state index in [2.05, 4.69) is 16.4 Å². The second kappa shape index (κ2) is 9.75. The Morgan fingerprint density at radius 1 is 1.21 bits per heavy atom.